The molecule has 1 aromatic rings. The van der Waals surface area contributed by atoms with Crippen molar-refractivity contribution in [3.8, 4) is 0 Å². The first kappa shape index (κ1) is 41.9. The second-order valence-corrected chi connectivity index (χ2v) is 23.9. The van der Waals surface area contributed by atoms with Crippen LogP contribution in [-0.2, 0) is 35.2 Å². The summed E-state index contributed by atoms with van der Waals surface area (Å²) in [6.07, 6.45) is 16.7. The maximum absolute atomic E-state index is 15.1. The molecule has 1 unspecified atom stereocenters. The minimum atomic E-state index is -0.503. The van der Waals surface area contributed by atoms with Gasteiger partial charge in [0.2, 0.25) is 5.91 Å². The fraction of sp³-hybridized carbons (Fsp3) is 0.827. The number of carbonyl (C=O) groups is 3. The molecule has 7 aliphatic carbocycles. The SMILES string of the molecule is COC1CCN(C(=O)[C@]23CC[C@@H](C4(C)CC4)[C@@H]2[C@H]2CC[C@@H]4[C@@]5(C)CC[C@H](OC(=O)[C@H]6CC(C(=O)OCc7ccccc7)C6(C)C)C(C)(C)[C@@H]5CC[C@@]4(C)[C@]2(C)CC3)CC1. The van der Waals surface area contributed by atoms with Gasteiger partial charge in [-0.3, -0.25) is 14.4 Å². The molecular weight excluding hydrogens is 735 g/mol. The highest BCUT2D eigenvalue weighted by atomic mass is 16.5. The summed E-state index contributed by atoms with van der Waals surface area (Å²) in [6, 6.07) is 9.79. The standard InChI is InChI=1S/C52H77NO6/c1-46(2)37(43(54)58-32-33-13-11-10-12-14-33)31-38(46)44(55)59-41-19-22-49(6)39(47(41,3)4)18-23-51(8)40(49)16-15-36-42-35(48(5)25-26-48)17-24-52(42,28-27-50(36,51)7)45(56)53-29-20-34(57-9)21-30-53/h10-14,34-42H,15-32H2,1-9H3/t35-,36-,37?,38-,39+,40-,41+,42-,49+,50-,51-,52+/m1/s1. The third-order valence-electron chi connectivity index (χ3n) is 21.1. The molecule has 7 heteroatoms. The highest BCUT2D eigenvalue weighted by Gasteiger charge is 2.74. The average Bonchev–Trinajstić information content (AvgIpc) is 3.82. The molecule has 7 saturated carbocycles. The number of ether oxygens (including phenoxy) is 3. The fourth-order valence-electron chi connectivity index (χ4n) is 16.9. The Balaban J connectivity index is 0.903. The van der Waals surface area contributed by atoms with Gasteiger partial charge in [0.1, 0.15) is 12.7 Å². The van der Waals surface area contributed by atoms with Gasteiger partial charge in [-0.05, 0) is 159 Å². The molecule has 1 saturated heterocycles. The van der Waals surface area contributed by atoms with Gasteiger partial charge in [-0.1, -0.05) is 85.7 Å². The molecule has 0 aromatic heterocycles. The molecule has 59 heavy (non-hydrogen) atoms. The molecule has 7 nitrogen and oxygen atoms in total. The van der Waals surface area contributed by atoms with Gasteiger partial charge >= 0.3 is 11.9 Å². The zero-order chi connectivity index (χ0) is 42.0. The van der Waals surface area contributed by atoms with Gasteiger partial charge in [0.15, 0.2) is 0 Å². The lowest BCUT2D eigenvalue weighted by atomic mass is 9.32. The van der Waals surface area contributed by atoms with Gasteiger partial charge in [0.05, 0.1) is 23.4 Å². The monoisotopic (exact) mass is 812 g/mol. The van der Waals surface area contributed by atoms with E-state index in [-0.39, 0.29) is 69.7 Å². The second-order valence-electron chi connectivity index (χ2n) is 23.9. The number of nitrogens with zero attached hydrogens (tertiary/aromatic N) is 1. The van der Waals surface area contributed by atoms with Crippen LogP contribution in [0.3, 0.4) is 0 Å². The molecule has 0 bridgehead atoms. The lowest BCUT2D eigenvalue weighted by Crippen LogP contribution is -2.68. The van der Waals surface area contributed by atoms with Crippen molar-refractivity contribution in [1.29, 1.82) is 0 Å². The number of rotatable bonds is 8. The van der Waals surface area contributed by atoms with Crippen molar-refractivity contribution < 1.29 is 28.6 Å². The molecule has 12 atom stereocenters. The highest BCUT2D eigenvalue weighted by Crippen LogP contribution is 2.79. The van der Waals surface area contributed by atoms with Crippen LogP contribution in [0.15, 0.2) is 30.3 Å². The van der Waals surface area contributed by atoms with Gasteiger partial charge < -0.3 is 19.1 Å². The third-order valence-corrected chi connectivity index (χ3v) is 21.1. The van der Waals surface area contributed by atoms with E-state index in [0.29, 0.717) is 47.3 Å². The molecule has 1 heterocycles. The molecular formula is C52H77NO6. The van der Waals surface area contributed by atoms with Crippen LogP contribution < -0.4 is 0 Å². The Bertz CT molecular complexity index is 1790. The van der Waals surface area contributed by atoms with Crippen LogP contribution in [0.25, 0.3) is 0 Å². The average molecular weight is 812 g/mol. The summed E-state index contributed by atoms with van der Waals surface area (Å²) in [6.45, 7) is 21.4. The number of amides is 1. The lowest BCUT2D eigenvalue weighted by molar-refractivity contribution is -0.253. The zero-order valence-electron chi connectivity index (χ0n) is 38.2. The number of benzene rings is 1. The van der Waals surface area contributed by atoms with Crippen LogP contribution in [-0.4, -0.2) is 55.2 Å². The van der Waals surface area contributed by atoms with Gasteiger partial charge in [-0.25, -0.2) is 0 Å². The molecule has 0 N–H and O–H groups in total. The fourth-order valence-corrected chi connectivity index (χ4v) is 16.9. The molecule has 8 aliphatic rings. The Morgan fingerprint density at radius 3 is 2.02 bits per heavy atom. The van der Waals surface area contributed by atoms with E-state index in [0.717, 1.165) is 57.2 Å². The molecule has 9 rings (SSSR count). The minimum absolute atomic E-state index is 0.127. The van der Waals surface area contributed by atoms with Crippen LogP contribution in [0.5, 0.6) is 0 Å². The molecule has 0 spiro atoms. The first-order chi connectivity index (χ1) is 27.9. The number of piperidine rings is 1. The zero-order valence-corrected chi connectivity index (χ0v) is 38.2. The Morgan fingerprint density at radius 2 is 1.36 bits per heavy atom. The number of likely N-dealkylation sites (tertiary alicyclic amines) is 1. The maximum Gasteiger partial charge on any atom is 0.309 e. The van der Waals surface area contributed by atoms with Gasteiger partial charge in [0, 0.05) is 25.6 Å². The molecule has 1 amide bonds. The van der Waals surface area contributed by atoms with Gasteiger partial charge in [-0.2, -0.15) is 0 Å². The van der Waals surface area contributed by atoms with E-state index in [2.05, 4.69) is 46.4 Å². The maximum atomic E-state index is 15.1. The molecule has 1 aliphatic heterocycles. The van der Waals surface area contributed by atoms with E-state index >= 15 is 4.79 Å². The van der Waals surface area contributed by atoms with Crippen LogP contribution in [0.1, 0.15) is 157 Å². The van der Waals surface area contributed by atoms with E-state index in [1.165, 1.54) is 51.4 Å². The third kappa shape index (κ3) is 6.19. The van der Waals surface area contributed by atoms with Crippen molar-refractivity contribution in [3.05, 3.63) is 35.9 Å². The minimum Gasteiger partial charge on any atom is -0.462 e. The van der Waals surface area contributed by atoms with E-state index < -0.39 is 5.41 Å². The van der Waals surface area contributed by atoms with Crippen molar-refractivity contribution in [2.45, 2.75) is 171 Å². The van der Waals surface area contributed by atoms with Crippen molar-refractivity contribution in [1.82, 2.24) is 4.90 Å². The Hall–Kier alpha value is -2.41. The lowest BCUT2D eigenvalue weighted by Gasteiger charge is -2.73. The second kappa shape index (κ2) is 14.3. The van der Waals surface area contributed by atoms with E-state index in [1.807, 2.05) is 51.3 Å². The predicted molar refractivity (Wildman–Crippen MR) is 230 cm³/mol. The molecule has 8 fully saturated rings. The quantitative estimate of drug-likeness (QED) is 0.243. The summed E-state index contributed by atoms with van der Waals surface area (Å²) in [5.41, 5.74) is 1.13. The number of carbonyl (C=O) groups excluding carboxylic acids is 3. The van der Waals surface area contributed by atoms with E-state index in [1.54, 1.807) is 0 Å². The number of esters is 2. The van der Waals surface area contributed by atoms with Crippen molar-refractivity contribution in [3.63, 3.8) is 0 Å². The number of hydrogen-bond donors (Lipinski definition) is 0. The van der Waals surface area contributed by atoms with E-state index in [4.69, 9.17) is 14.2 Å². The topological polar surface area (TPSA) is 82.1 Å². The van der Waals surface area contributed by atoms with Crippen LogP contribution in [0, 0.1) is 79.3 Å². The molecule has 1 aromatic carbocycles. The van der Waals surface area contributed by atoms with Crippen molar-refractivity contribution in [2.24, 2.45) is 79.3 Å². The number of fused-ring (bicyclic) bond motifs is 7. The Labute approximate surface area is 356 Å². The number of methoxy groups -OCH3 is 1. The first-order valence-corrected chi connectivity index (χ1v) is 24.1. The summed E-state index contributed by atoms with van der Waals surface area (Å²) >= 11 is 0. The summed E-state index contributed by atoms with van der Waals surface area (Å²) in [4.78, 5) is 44.6. The first-order valence-electron chi connectivity index (χ1n) is 24.1. The summed E-state index contributed by atoms with van der Waals surface area (Å²) in [5, 5.41) is 0. The summed E-state index contributed by atoms with van der Waals surface area (Å²) < 4.78 is 18.1. The highest BCUT2D eigenvalue weighted by molar-refractivity contribution is 5.84. The normalized spacial score (nSPS) is 44.1. The smallest absolute Gasteiger partial charge is 0.309 e. The van der Waals surface area contributed by atoms with Crippen LogP contribution in [0.2, 0.25) is 0 Å². The molecule has 326 valence electrons. The van der Waals surface area contributed by atoms with Gasteiger partial charge in [-0.15, -0.1) is 0 Å². The van der Waals surface area contributed by atoms with Crippen LogP contribution in [0.4, 0.5) is 0 Å². The largest absolute Gasteiger partial charge is 0.462 e. The predicted octanol–water partition coefficient (Wildman–Crippen LogP) is 10.8. The Kier molecular flexibility index (Phi) is 10.2. The summed E-state index contributed by atoms with van der Waals surface area (Å²) in [5.74, 6) is 2.41. The Morgan fingerprint density at radius 1 is 0.661 bits per heavy atom. The van der Waals surface area contributed by atoms with E-state index in [9.17, 15) is 9.59 Å². The number of hydrogen-bond acceptors (Lipinski definition) is 6. The van der Waals surface area contributed by atoms with Gasteiger partial charge in [0.25, 0.3) is 0 Å². The van der Waals surface area contributed by atoms with Crippen LogP contribution >= 0.6 is 0 Å². The van der Waals surface area contributed by atoms with Crippen molar-refractivity contribution in [2.75, 3.05) is 20.2 Å². The van der Waals surface area contributed by atoms with Crippen molar-refractivity contribution >= 4 is 17.8 Å². The summed E-state index contributed by atoms with van der Waals surface area (Å²) in [7, 11) is 1.82. The molecule has 0 radical (unpaired) electrons.